The summed E-state index contributed by atoms with van der Waals surface area (Å²) in [7, 11) is 0. The minimum atomic E-state index is -0.290. The van der Waals surface area contributed by atoms with Crippen LogP contribution < -0.4 is 0 Å². The van der Waals surface area contributed by atoms with E-state index in [0.717, 1.165) is 16.5 Å². The second-order valence-corrected chi connectivity index (χ2v) is 3.78. The number of carbonyl (C=O) groups excluding carboxylic acids is 1. The molecule has 0 saturated carbocycles. The van der Waals surface area contributed by atoms with Crippen molar-refractivity contribution < 1.29 is 9.53 Å². The quantitative estimate of drug-likeness (QED) is 0.630. The van der Waals surface area contributed by atoms with Crippen molar-refractivity contribution in [1.82, 2.24) is 0 Å². The van der Waals surface area contributed by atoms with Crippen LogP contribution >= 0.6 is 31.9 Å². The maximum absolute atomic E-state index is 11.5. The number of benzene rings is 1. The van der Waals surface area contributed by atoms with Gasteiger partial charge in [0.15, 0.2) is 0 Å². The molecule has 0 amide bonds. The molecule has 0 aliphatic carbocycles. The average Bonchev–Trinajstić information content (AvgIpc) is 2.18. The zero-order valence-corrected chi connectivity index (χ0v) is 10.9. The summed E-state index contributed by atoms with van der Waals surface area (Å²) in [5, 5.41) is 0.744. The van der Waals surface area contributed by atoms with Crippen LogP contribution in [0.15, 0.2) is 18.2 Å². The summed E-state index contributed by atoms with van der Waals surface area (Å²) in [6.07, 6.45) is 0. The third kappa shape index (κ3) is 2.58. The molecule has 0 aromatic heterocycles. The largest absolute Gasteiger partial charge is 0.450 e. The predicted molar refractivity (Wildman–Crippen MR) is 63.0 cm³/mol. The molecular formula is C10H10Br2O2. The summed E-state index contributed by atoms with van der Waals surface area (Å²) in [4.78, 5) is 11.5. The van der Waals surface area contributed by atoms with Gasteiger partial charge in [-0.2, -0.15) is 0 Å². The molecule has 1 aromatic carbocycles. The van der Waals surface area contributed by atoms with Gasteiger partial charge in [-0.3, -0.25) is 0 Å². The Morgan fingerprint density at radius 2 is 2.14 bits per heavy atom. The van der Waals surface area contributed by atoms with Gasteiger partial charge in [-0.05, 0) is 40.0 Å². The molecule has 76 valence electrons. The molecule has 0 N–H and O–H groups in total. The molecule has 1 rings (SSSR count). The van der Waals surface area contributed by atoms with Crippen molar-refractivity contribution in [2.75, 3.05) is 5.52 Å². The van der Waals surface area contributed by atoms with E-state index < -0.39 is 0 Å². The lowest BCUT2D eigenvalue weighted by molar-refractivity contribution is 0.0583. The van der Waals surface area contributed by atoms with Gasteiger partial charge in [-0.1, -0.05) is 28.1 Å². The third-order valence-corrected chi connectivity index (χ3v) is 2.83. The van der Waals surface area contributed by atoms with Gasteiger partial charge in [0.05, 0.1) is 5.56 Å². The number of rotatable bonds is 3. The molecule has 0 fully saturated rings. The minimum absolute atomic E-state index is 0.226. The number of carbonyl (C=O) groups is 1. The van der Waals surface area contributed by atoms with Gasteiger partial charge < -0.3 is 4.74 Å². The van der Waals surface area contributed by atoms with E-state index in [-0.39, 0.29) is 11.5 Å². The maximum Gasteiger partial charge on any atom is 0.339 e. The fraction of sp³-hybridized carbons (Fsp3) is 0.300. The minimum Gasteiger partial charge on any atom is -0.450 e. The molecule has 14 heavy (non-hydrogen) atoms. The first-order valence-electron chi connectivity index (χ1n) is 4.08. The van der Waals surface area contributed by atoms with Crippen LogP contribution in [0.5, 0.6) is 0 Å². The molecule has 0 radical (unpaired) electrons. The van der Waals surface area contributed by atoms with Crippen molar-refractivity contribution in [3.05, 3.63) is 34.9 Å². The second kappa shape index (κ2) is 5.51. The van der Waals surface area contributed by atoms with Gasteiger partial charge >= 0.3 is 5.97 Å². The van der Waals surface area contributed by atoms with Crippen molar-refractivity contribution in [3.8, 4) is 0 Å². The number of hydrogen-bond donors (Lipinski definition) is 0. The molecule has 0 spiro atoms. The Morgan fingerprint density at radius 1 is 1.43 bits per heavy atom. The van der Waals surface area contributed by atoms with Crippen molar-refractivity contribution in [2.45, 2.75) is 12.3 Å². The van der Waals surface area contributed by atoms with E-state index in [1.807, 2.05) is 19.1 Å². The number of ether oxygens (including phenoxy) is 1. The van der Waals surface area contributed by atoms with Crippen LogP contribution in [-0.2, 0) is 10.1 Å². The van der Waals surface area contributed by atoms with Crippen molar-refractivity contribution in [2.24, 2.45) is 0 Å². The SMILES string of the molecule is Cc1c(CBr)cccc1C(=O)OCBr. The lowest BCUT2D eigenvalue weighted by Gasteiger charge is -2.07. The van der Waals surface area contributed by atoms with Crippen LogP contribution in [0.1, 0.15) is 21.5 Å². The summed E-state index contributed by atoms with van der Waals surface area (Å²) < 4.78 is 4.87. The molecule has 4 heteroatoms. The molecular weight excluding hydrogens is 312 g/mol. The summed E-state index contributed by atoms with van der Waals surface area (Å²) in [5.41, 5.74) is 2.93. The standard InChI is InChI=1S/C10H10Br2O2/c1-7-8(5-11)3-2-4-9(7)10(13)14-6-12/h2-4H,5-6H2,1H3. The van der Waals surface area contributed by atoms with E-state index in [1.165, 1.54) is 0 Å². The van der Waals surface area contributed by atoms with Crippen LogP contribution in [0, 0.1) is 6.92 Å². The number of alkyl halides is 2. The summed E-state index contributed by atoms with van der Waals surface area (Å²) >= 11 is 6.42. The normalized spacial score (nSPS) is 9.93. The predicted octanol–water partition coefficient (Wildman–Crippen LogP) is 3.40. The molecule has 2 nitrogen and oxygen atoms in total. The fourth-order valence-corrected chi connectivity index (χ4v) is 1.99. The molecule has 0 aliphatic heterocycles. The van der Waals surface area contributed by atoms with Gasteiger partial charge in [0, 0.05) is 5.33 Å². The van der Waals surface area contributed by atoms with Gasteiger partial charge in [0.1, 0.15) is 5.52 Å². The smallest absolute Gasteiger partial charge is 0.339 e. The highest BCUT2D eigenvalue weighted by molar-refractivity contribution is 9.09. The second-order valence-electron chi connectivity index (χ2n) is 2.76. The Hall–Kier alpha value is -0.350. The van der Waals surface area contributed by atoms with E-state index in [4.69, 9.17) is 4.74 Å². The molecule has 0 aliphatic rings. The Kier molecular flexibility index (Phi) is 4.62. The van der Waals surface area contributed by atoms with Crippen LogP contribution in [-0.4, -0.2) is 11.5 Å². The topological polar surface area (TPSA) is 26.3 Å². The van der Waals surface area contributed by atoms with Gasteiger partial charge in [0.25, 0.3) is 0 Å². The fourth-order valence-electron chi connectivity index (χ4n) is 1.18. The van der Waals surface area contributed by atoms with E-state index in [1.54, 1.807) is 6.07 Å². The molecule has 0 atom stereocenters. The van der Waals surface area contributed by atoms with E-state index in [0.29, 0.717) is 5.56 Å². The number of hydrogen-bond acceptors (Lipinski definition) is 2. The van der Waals surface area contributed by atoms with E-state index in [2.05, 4.69) is 31.9 Å². The van der Waals surface area contributed by atoms with E-state index >= 15 is 0 Å². The summed E-state index contributed by atoms with van der Waals surface area (Å²) in [5.74, 6) is -0.290. The Labute approximate surface area is 99.9 Å². The van der Waals surface area contributed by atoms with Crippen LogP contribution in [0.25, 0.3) is 0 Å². The molecule has 0 saturated heterocycles. The Morgan fingerprint density at radius 3 is 2.71 bits per heavy atom. The van der Waals surface area contributed by atoms with Crippen LogP contribution in [0.4, 0.5) is 0 Å². The number of halogens is 2. The number of esters is 1. The van der Waals surface area contributed by atoms with Crippen LogP contribution in [0.2, 0.25) is 0 Å². The van der Waals surface area contributed by atoms with Crippen molar-refractivity contribution in [1.29, 1.82) is 0 Å². The molecule has 1 aromatic rings. The molecule has 0 heterocycles. The van der Waals surface area contributed by atoms with Gasteiger partial charge in [-0.15, -0.1) is 0 Å². The monoisotopic (exact) mass is 320 g/mol. The van der Waals surface area contributed by atoms with Crippen molar-refractivity contribution in [3.63, 3.8) is 0 Å². The first-order chi connectivity index (χ1) is 6.70. The van der Waals surface area contributed by atoms with Crippen molar-refractivity contribution >= 4 is 37.8 Å². The highest BCUT2D eigenvalue weighted by atomic mass is 79.9. The highest BCUT2D eigenvalue weighted by Crippen LogP contribution is 2.17. The van der Waals surface area contributed by atoms with Gasteiger partial charge in [0.2, 0.25) is 0 Å². The Balaban J connectivity index is 3.03. The summed E-state index contributed by atoms with van der Waals surface area (Å²) in [6.45, 7) is 1.92. The highest BCUT2D eigenvalue weighted by Gasteiger charge is 2.11. The van der Waals surface area contributed by atoms with Gasteiger partial charge in [-0.25, -0.2) is 4.79 Å². The average molecular weight is 322 g/mol. The zero-order valence-electron chi connectivity index (χ0n) is 7.72. The summed E-state index contributed by atoms with van der Waals surface area (Å²) in [6, 6.07) is 5.61. The molecule has 0 bridgehead atoms. The Bertz CT molecular complexity index is 337. The lowest BCUT2D eigenvalue weighted by atomic mass is 10.0. The first kappa shape index (κ1) is 11.7. The third-order valence-electron chi connectivity index (χ3n) is 2.00. The molecule has 0 unspecified atom stereocenters. The maximum atomic E-state index is 11.5. The lowest BCUT2D eigenvalue weighted by Crippen LogP contribution is -2.06. The van der Waals surface area contributed by atoms with E-state index in [9.17, 15) is 4.79 Å². The zero-order chi connectivity index (χ0) is 10.6. The van der Waals surface area contributed by atoms with Crippen LogP contribution in [0.3, 0.4) is 0 Å². The first-order valence-corrected chi connectivity index (χ1v) is 6.32.